The molecular weight excluding hydrogens is 214 g/mol. The molecule has 3 heteroatoms. The van der Waals surface area contributed by atoms with Crippen molar-refractivity contribution in [3.05, 3.63) is 12.2 Å². The zero-order chi connectivity index (χ0) is 12.1. The fourth-order valence-corrected chi connectivity index (χ4v) is 2.74. The molecule has 2 atom stereocenters. The molecule has 0 aromatic rings. The Bertz CT molecular complexity index is 225. The van der Waals surface area contributed by atoms with Crippen LogP contribution in [-0.2, 0) is 9.47 Å². The normalized spacial score (nSPS) is 29.1. The third-order valence-corrected chi connectivity index (χ3v) is 3.47. The Hall–Kier alpha value is -0.380. The standard InChI is InChI=1S/C14H25NO2/c1-12(2)9-15(10-13-5-3-7-16-13)11-14-6-4-8-17-14/h13-14H,1,3-11H2,2H3/t13-,14-/m0/s1. The average molecular weight is 239 g/mol. The van der Waals surface area contributed by atoms with Crippen molar-refractivity contribution in [2.75, 3.05) is 32.8 Å². The van der Waals surface area contributed by atoms with Gasteiger partial charge in [-0.15, -0.1) is 0 Å². The minimum absolute atomic E-state index is 0.427. The topological polar surface area (TPSA) is 21.7 Å². The molecule has 0 aromatic carbocycles. The lowest BCUT2D eigenvalue weighted by atomic mass is 10.2. The predicted octanol–water partition coefficient (Wildman–Crippen LogP) is 2.22. The second kappa shape index (κ2) is 6.53. The van der Waals surface area contributed by atoms with Gasteiger partial charge >= 0.3 is 0 Å². The van der Waals surface area contributed by atoms with Crippen LogP contribution in [0.3, 0.4) is 0 Å². The molecule has 0 bridgehead atoms. The molecule has 0 unspecified atom stereocenters. The lowest BCUT2D eigenvalue weighted by molar-refractivity contribution is 0.0412. The average Bonchev–Trinajstić information content (AvgIpc) is 2.89. The van der Waals surface area contributed by atoms with E-state index in [4.69, 9.17) is 9.47 Å². The first-order chi connectivity index (χ1) is 8.24. The molecule has 0 N–H and O–H groups in total. The number of hydrogen-bond donors (Lipinski definition) is 0. The molecule has 2 aliphatic rings. The molecule has 2 heterocycles. The summed E-state index contributed by atoms with van der Waals surface area (Å²) in [6.07, 6.45) is 5.69. The monoisotopic (exact) mass is 239 g/mol. The highest BCUT2D eigenvalue weighted by Crippen LogP contribution is 2.17. The Balaban J connectivity index is 1.80. The Morgan fingerprint density at radius 1 is 1.12 bits per heavy atom. The number of ether oxygens (including phenoxy) is 2. The summed E-state index contributed by atoms with van der Waals surface area (Å²) in [6, 6.07) is 0. The molecule has 0 radical (unpaired) electrons. The highest BCUT2D eigenvalue weighted by Gasteiger charge is 2.23. The number of nitrogens with zero attached hydrogens (tertiary/aromatic N) is 1. The zero-order valence-electron chi connectivity index (χ0n) is 11.0. The summed E-state index contributed by atoms with van der Waals surface area (Å²) in [4.78, 5) is 2.45. The van der Waals surface area contributed by atoms with Gasteiger partial charge < -0.3 is 9.47 Å². The SMILES string of the molecule is C=C(C)CN(C[C@@H]1CCCO1)C[C@@H]1CCCO1. The Kier molecular flexibility index (Phi) is 5.01. The Labute approximate surface area is 105 Å². The van der Waals surface area contributed by atoms with E-state index in [9.17, 15) is 0 Å². The molecule has 2 saturated heterocycles. The molecule has 0 aliphatic carbocycles. The van der Waals surface area contributed by atoms with E-state index in [1.54, 1.807) is 0 Å². The van der Waals surface area contributed by atoms with Crippen LogP contribution in [-0.4, -0.2) is 50.0 Å². The molecule has 0 saturated carbocycles. The van der Waals surface area contributed by atoms with E-state index in [-0.39, 0.29) is 0 Å². The van der Waals surface area contributed by atoms with E-state index in [0.29, 0.717) is 12.2 Å². The van der Waals surface area contributed by atoms with Gasteiger partial charge in [-0.2, -0.15) is 0 Å². The summed E-state index contributed by atoms with van der Waals surface area (Å²) in [7, 11) is 0. The third kappa shape index (κ3) is 4.41. The lowest BCUT2D eigenvalue weighted by Gasteiger charge is -2.27. The van der Waals surface area contributed by atoms with Gasteiger partial charge in [-0.3, -0.25) is 4.90 Å². The number of hydrogen-bond acceptors (Lipinski definition) is 3. The van der Waals surface area contributed by atoms with Crippen molar-refractivity contribution in [1.29, 1.82) is 0 Å². The van der Waals surface area contributed by atoms with E-state index < -0.39 is 0 Å². The molecule has 3 nitrogen and oxygen atoms in total. The van der Waals surface area contributed by atoms with Gasteiger partial charge in [-0.25, -0.2) is 0 Å². The van der Waals surface area contributed by atoms with Crippen LogP contribution in [0, 0.1) is 0 Å². The molecule has 0 spiro atoms. The first-order valence-electron chi connectivity index (χ1n) is 6.84. The molecule has 2 fully saturated rings. The van der Waals surface area contributed by atoms with Crippen LogP contribution in [0.4, 0.5) is 0 Å². The molecule has 2 rings (SSSR count). The number of rotatable bonds is 6. The van der Waals surface area contributed by atoms with Crippen LogP contribution in [0.5, 0.6) is 0 Å². The van der Waals surface area contributed by atoms with Crippen LogP contribution in [0.25, 0.3) is 0 Å². The maximum Gasteiger partial charge on any atom is 0.0702 e. The summed E-state index contributed by atoms with van der Waals surface area (Å²) >= 11 is 0. The van der Waals surface area contributed by atoms with Crippen molar-refractivity contribution in [1.82, 2.24) is 4.90 Å². The van der Waals surface area contributed by atoms with Gasteiger partial charge in [-0.05, 0) is 32.6 Å². The second-order valence-electron chi connectivity index (χ2n) is 5.42. The van der Waals surface area contributed by atoms with E-state index in [1.165, 1.54) is 31.3 Å². The largest absolute Gasteiger partial charge is 0.377 e. The van der Waals surface area contributed by atoms with Crippen molar-refractivity contribution in [2.24, 2.45) is 0 Å². The minimum Gasteiger partial charge on any atom is -0.377 e. The molecular formula is C14H25NO2. The first kappa shape index (κ1) is 13.1. The Morgan fingerprint density at radius 3 is 2.00 bits per heavy atom. The van der Waals surface area contributed by atoms with Crippen LogP contribution < -0.4 is 0 Å². The van der Waals surface area contributed by atoms with Gasteiger partial charge in [-0.1, -0.05) is 12.2 Å². The quantitative estimate of drug-likeness (QED) is 0.663. The van der Waals surface area contributed by atoms with E-state index in [2.05, 4.69) is 18.4 Å². The maximum atomic E-state index is 5.72. The highest BCUT2D eigenvalue weighted by atomic mass is 16.5. The summed E-state index contributed by atoms with van der Waals surface area (Å²) in [6.45, 7) is 11.0. The van der Waals surface area contributed by atoms with Crippen molar-refractivity contribution >= 4 is 0 Å². The van der Waals surface area contributed by atoms with Crippen molar-refractivity contribution in [3.63, 3.8) is 0 Å². The van der Waals surface area contributed by atoms with E-state index >= 15 is 0 Å². The fourth-order valence-electron chi connectivity index (χ4n) is 2.74. The van der Waals surface area contributed by atoms with Gasteiger partial charge in [0.2, 0.25) is 0 Å². The molecule has 0 aromatic heterocycles. The molecule has 2 aliphatic heterocycles. The van der Waals surface area contributed by atoms with E-state index in [0.717, 1.165) is 32.8 Å². The van der Waals surface area contributed by atoms with E-state index in [1.807, 2.05) is 0 Å². The summed E-state index contributed by atoms with van der Waals surface area (Å²) in [5.41, 5.74) is 1.22. The Morgan fingerprint density at radius 2 is 1.65 bits per heavy atom. The predicted molar refractivity (Wildman–Crippen MR) is 69.2 cm³/mol. The van der Waals surface area contributed by atoms with Gasteiger partial charge in [0, 0.05) is 32.8 Å². The van der Waals surface area contributed by atoms with Gasteiger partial charge in [0.15, 0.2) is 0 Å². The van der Waals surface area contributed by atoms with Crippen LogP contribution in [0.15, 0.2) is 12.2 Å². The fraction of sp³-hybridized carbons (Fsp3) is 0.857. The molecule has 98 valence electrons. The van der Waals surface area contributed by atoms with Crippen molar-refractivity contribution in [3.8, 4) is 0 Å². The van der Waals surface area contributed by atoms with Crippen LogP contribution in [0.1, 0.15) is 32.6 Å². The minimum atomic E-state index is 0.427. The van der Waals surface area contributed by atoms with Gasteiger partial charge in [0.05, 0.1) is 12.2 Å². The second-order valence-corrected chi connectivity index (χ2v) is 5.42. The first-order valence-corrected chi connectivity index (χ1v) is 6.84. The summed E-state index contributed by atoms with van der Waals surface area (Å²) in [5, 5.41) is 0. The van der Waals surface area contributed by atoms with Gasteiger partial charge in [0.1, 0.15) is 0 Å². The lowest BCUT2D eigenvalue weighted by Crippen LogP contribution is -2.38. The van der Waals surface area contributed by atoms with Crippen LogP contribution >= 0.6 is 0 Å². The van der Waals surface area contributed by atoms with Gasteiger partial charge in [0.25, 0.3) is 0 Å². The summed E-state index contributed by atoms with van der Waals surface area (Å²) in [5.74, 6) is 0. The van der Waals surface area contributed by atoms with Crippen molar-refractivity contribution in [2.45, 2.75) is 44.8 Å². The summed E-state index contributed by atoms with van der Waals surface area (Å²) < 4.78 is 11.4. The zero-order valence-corrected chi connectivity index (χ0v) is 11.0. The third-order valence-electron chi connectivity index (χ3n) is 3.47. The van der Waals surface area contributed by atoms with Crippen molar-refractivity contribution < 1.29 is 9.47 Å². The molecule has 17 heavy (non-hydrogen) atoms. The maximum absolute atomic E-state index is 5.72. The highest BCUT2D eigenvalue weighted by molar-refractivity contribution is 4.93. The smallest absolute Gasteiger partial charge is 0.0702 e. The van der Waals surface area contributed by atoms with Crippen LogP contribution in [0.2, 0.25) is 0 Å². The molecule has 0 amide bonds.